The van der Waals surface area contributed by atoms with Crippen LogP contribution in [-0.2, 0) is 6.54 Å². The average molecular weight is 267 g/mol. The van der Waals surface area contributed by atoms with E-state index < -0.39 is 11.6 Å². The molecule has 1 nitrogen and oxygen atoms in total. The lowest BCUT2D eigenvalue weighted by atomic mass is 9.93. The number of hydrogen-bond acceptors (Lipinski definition) is 1. The summed E-state index contributed by atoms with van der Waals surface area (Å²) in [4.78, 5) is 0. The van der Waals surface area contributed by atoms with E-state index in [0.29, 0.717) is 24.1 Å². The van der Waals surface area contributed by atoms with Gasteiger partial charge in [0.15, 0.2) is 0 Å². The van der Waals surface area contributed by atoms with Gasteiger partial charge in [-0.05, 0) is 31.7 Å². The Morgan fingerprint density at radius 2 is 1.84 bits per heavy atom. The second-order valence-electron chi connectivity index (χ2n) is 5.66. The molecule has 0 bridgehead atoms. The van der Waals surface area contributed by atoms with E-state index in [1.54, 1.807) is 0 Å². The molecule has 0 heterocycles. The molecule has 1 aliphatic rings. The second kappa shape index (κ2) is 6.99. The summed E-state index contributed by atoms with van der Waals surface area (Å²) in [6.07, 6.45) is 7.83. The molecule has 0 saturated heterocycles. The number of benzene rings is 1. The Hall–Kier alpha value is -0.960. The van der Waals surface area contributed by atoms with Crippen LogP contribution in [0.25, 0.3) is 0 Å². The van der Waals surface area contributed by atoms with Crippen LogP contribution in [0.1, 0.15) is 51.0 Å². The Morgan fingerprint density at radius 3 is 2.47 bits per heavy atom. The van der Waals surface area contributed by atoms with Gasteiger partial charge in [-0.25, -0.2) is 8.78 Å². The van der Waals surface area contributed by atoms with Crippen molar-refractivity contribution in [1.82, 2.24) is 5.32 Å². The zero-order valence-corrected chi connectivity index (χ0v) is 11.6. The lowest BCUT2D eigenvalue weighted by Crippen LogP contribution is -2.33. The molecule has 3 heteroatoms. The van der Waals surface area contributed by atoms with Crippen molar-refractivity contribution in [3.63, 3.8) is 0 Å². The molecule has 0 unspecified atom stereocenters. The first-order valence-corrected chi connectivity index (χ1v) is 7.34. The minimum atomic E-state index is -0.516. The average Bonchev–Trinajstić information content (AvgIpc) is 2.66. The van der Waals surface area contributed by atoms with E-state index in [2.05, 4.69) is 12.2 Å². The molecule has 19 heavy (non-hydrogen) atoms. The van der Waals surface area contributed by atoms with Gasteiger partial charge in [-0.2, -0.15) is 0 Å². The highest BCUT2D eigenvalue weighted by molar-refractivity contribution is 5.18. The molecule has 2 rings (SSSR count). The lowest BCUT2D eigenvalue weighted by molar-refractivity contribution is 0.335. The fourth-order valence-corrected chi connectivity index (χ4v) is 2.91. The van der Waals surface area contributed by atoms with Gasteiger partial charge in [0, 0.05) is 24.2 Å². The van der Waals surface area contributed by atoms with Crippen LogP contribution in [-0.4, -0.2) is 6.04 Å². The fourth-order valence-electron chi connectivity index (χ4n) is 2.91. The normalized spacial score (nSPS) is 19.1. The van der Waals surface area contributed by atoms with E-state index in [9.17, 15) is 8.78 Å². The van der Waals surface area contributed by atoms with Crippen molar-refractivity contribution in [3.05, 3.63) is 35.4 Å². The summed E-state index contributed by atoms with van der Waals surface area (Å²) >= 11 is 0. The molecule has 1 saturated carbocycles. The number of hydrogen-bond donors (Lipinski definition) is 1. The van der Waals surface area contributed by atoms with Crippen molar-refractivity contribution in [3.8, 4) is 0 Å². The van der Waals surface area contributed by atoms with Gasteiger partial charge in [0.05, 0.1) is 0 Å². The first-order valence-electron chi connectivity index (χ1n) is 7.34. The SMILES string of the molecule is C[C@@H](NCc1ccc(F)cc1F)C1CCCCCC1. The van der Waals surface area contributed by atoms with Gasteiger partial charge >= 0.3 is 0 Å². The largest absolute Gasteiger partial charge is 0.310 e. The summed E-state index contributed by atoms with van der Waals surface area (Å²) in [7, 11) is 0. The maximum absolute atomic E-state index is 13.5. The van der Waals surface area contributed by atoms with Gasteiger partial charge in [0.1, 0.15) is 11.6 Å². The van der Waals surface area contributed by atoms with E-state index in [1.807, 2.05) is 0 Å². The van der Waals surface area contributed by atoms with Crippen LogP contribution in [0, 0.1) is 17.6 Å². The summed E-state index contributed by atoms with van der Waals surface area (Å²) in [5.41, 5.74) is 0.543. The molecule has 0 aliphatic heterocycles. The summed E-state index contributed by atoms with van der Waals surface area (Å²) < 4.78 is 26.3. The molecule has 0 amide bonds. The monoisotopic (exact) mass is 267 g/mol. The van der Waals surface area contributed by atoms with Crippen LogP contribution >= 0.6 is 0 Å². The Balaban J connectivity index is 1.86. The highest BCUT2D eigenvalue weighted by atomic mass is 19.1. The molecule has 106 valence electrons. The molecular weight excluding hydrogens is 244 g/mol. The summed E-state index contributed by atoms with van der Waals surface area (Å²) in [6, 6.07) is 4.18. The predicted molar refractivity (Wildman–Crippen MR) is 73.9 cm³/mol. The highest BCUT2D eigenvalue weighted by Crippen LogP contribution is 2.25. The summed E-state index contributed by atoms with van der Waals surface area (Å²) in [5, 5.41) is 3.39. The molecule has 1 aromatic carbocycles. The smallest absolute Gasteiger partial charge is 0.130 e. The van der Waals surface area contributed by atoms with Crippen LogP contribution < -0.4 is 5.32 Å². The topological polar surface area (TPSA) is 12.0 Å². The molecule has 1 fully saturated rings. The van der Waals surface area contributed by atoms with Gasteiger partial charge in [0.25, 0.3) is 0 Å². The van der Waals surface area contributed by atoms with Crippen molar-refractivity contribution < 1.29 is 8.78 Å². The summed E-state index contributed by atoms with van der Waals surface area (Å²) in [6.45, 7) is 2.65. The van der Waals surface area contributed by atoms with E-state index in [0.717, 1.165) is 6.07 Å². The maximum Gasteiger partial charge on any atom is 0.130 e. The van der Waals surface area contributed by atoms with E-state index >= 15 is 0 Å². The molecule has 0 radical (unpaired) electrons. The molecule has 0 spiro atoms. The van der Waals surface area contributed by atoms with Gasteiger partial charge in [-0.3, -0.25) is 0 Å². The van der Waals surface area contributed by atoms with Crippen LogP contribution in [0.3, 0.4) is 0 Å². The molecule has 1 aromatic rings. The van der Waals surface area contributed by atoms with Gasteiger partial charge in [0.2, 0.25) is 0 Å². The number of halogens is 2. The minimum absolute atomic E-state index is 0.391. The van der Waals surface area contributed by atoms with Crippen molar-refractivity contribution in [1.29, 1.82) is 0 Å². The van der Waals surface area contributed by atoms with Gasteiger partial charge in [-0.1, -0.05) is 31.7 Å². The van der Waals surface area contributed by atoms with Crippen molar-refractivity contribution in [2.24, 2.45) is 5.92 Å². The first-order chi connectivity index (χ1) is 9.16. The van der Waals surface area contributed by atoms with E-state index in [1.165, 1.54) is 50.7 Å². The Kier molecular flexibility index (Phi) is 5.32. The van der Waals surface area contributed by atoms with Crippen LogP contribution in [0.15, 0.2) is 18.2 Å². The maximum atomic E-state index is 13.5. The van der Waals surface area contributed by atoms with Crippen LogP contribution in [0.5, 0.6) is 0 Å². The quantitative estimate of drug-likeness (QED) is 0.797. The zero-order chi connectivity index (χ0) is 13.7. The second-order valence-corrected chi connectivity index (χ2v) is 5.66. The minimum Gasteiger partial charge on any atom is -0.310 e. The van der Waals surface area contributed by atoms with Gasteiger partial charge < -0.3 is 5.32 Å². The van der Waals surface area contributed by atoms with E-state index in [-0.39, 0.29) is 0 Å². The molecular formula is C16H23F2N. The standard InChI is InChI=1S/C16H23F2N/c1-12(13-6-4-2-3-5-7-13)19-11-14-8-9-15(17)10-16(14)18/h8-10,12-13,19H,2-7,11H2,1H3/t12-/m1/s1. The third-order valence-corrected chi connectivity index (χ3v) is 4.24. The zero-order valence-electron chi connectivity index (χ0n) is 11.6. The molecule has 0 aromatic heterocycles. The highest BCUT2D eigenvalue weighted by Gasteiger charge is 2.18. The fraction of sp³-hybridized carbons (Fsp3) is 0.625. The number of rotatable bonds is 4. The van der Waals surface area contributed by atoms with Crippen molar-refractivity contribution in [2.75, 3.05) is 0 Å². The van der Waals surface area contributed by atoms with Crippen LogP contribution in [0.2, 0.25) is 0 Å². The first kappa shape index (κ1) is 14.4. The van der Waals surface area contributed by atoms with Crippen LogP contribution in [0.4, 0.5) is 8.78 Å². The third-order valence-electron chi connectivity index (χ3n) is 4.24. The lowest BCUT2D eigenvalue weighted by Gasteiger charge is -2.23. The Labute approximate surface area is 114 Å². The Bertz CT molecular complexity index is 398. The van der Waals surface area contributed by atoms with Gasteiger partial charge in [-0.15, -0.1) is 0 Å². The third kappa shape index (κ3) is 4.27. The van der Waals surface area contributed by atoms with Crippen molar-refractivity contribution in [2.45, 2.75) is 58.0 Å². The van der Waals surface area contributed by atoms with Crippen molar-refractivity contribution >= 4 is 0 Å². The predicted octanol–water partition coefficient (Wildman–Crippen LogP) is 4.41. The number of nitrogens with one attached hydrogen (secondary N) is 1. The molecule has 1 aliphatic carbocycles. The van der Waals surface area contributed by atoms with E-state index in [4.69, 9.17) is 0 Å². The Morgan fingerprint density at radius 1 is 1.16 bits per heavy atom. The molecule has 1 atom stereocenters. The summed E-state index contributed by atoms with van der Waals surface area (Å²) in [5.74, 6) is -0.287. The molecule has 1 N–H and O–H groups in total.